The van der Waals surface area contributed by atoms with Crippen LogP contribution < -0.4 is 0 Å². The lowest BCUT2D eigenvalue weighted by atomic mass is 11.5. The van der Waals surface area contributed by atoms with Crippen LogP contribution in [0.3, 0.4) is 0 Å². The standard InChI is InChI=1S/3CHF2.Al/c3*2-1-3;/h3*1H;. The zero-order valence-electron chi connectivity index (χ0n) is 4.58. The summed E-state index contributed by atoms with van der Waals surface area (Å²) in [5.74, 6) is 0. The minimum absolute atomic E-state index is 3.53. The van der Waals surface area contributed by atoms with Crippen molar-refractivity contribution >= 4 is 14.1 Å². The highest BCUT2D eigenvalue weighted by atomic mass is 27.2. The number of halogens is 6. The van der Waals surface area contributed by atoms with Crippen molar-refractivity contribution < 1.29 is 26.3 Å². The van der Waals surface area contributed by atoms with Gasteiger partial charge >= 0.3 is 14.1 Å². The summed E-state index contributed by atoms with van der Waals surface area (Å²) in [6.07, 6.45) is 0. The highest BCUT2D eigenvalue weighted by Gasteiger charge is 2.49. The molecule has 0 aliphatic rings. The molecule has 0 bridgehead atoms. The van der Waals surface area contributed by atoms with Crippen LogP contribution in [0.25, 0.3) is 0 Å². The lowest BCUT2D eigenvalue weighted by Crippen LogP contribution is -2.40. The SMILES string of the molecule is F[CH](F)[Al]([CH](F)F)[CH](F)F. The zero-order valence-corrected chi connectivity index (χ0v) is 5.73. The molecule has 0 heterocycles. The molecule has 0 unspecified atom stereocenters. The summed E-state index contributed by atoms with van der Waals surface area (Å²) in [5, 5.41) is -10.6. The van der Waals surface area contributed by atoms with Gasteiger partial charge in [-0.15, -0.1) is 0 Å². The van der Waals surface area contributed by atoms with E-state index >= 15 is 0 Å². The Morgan fingerprint density at radius 2 is 0.800 bits per heavy atom. The fraction of sp³-hybridized carbons (Fsp3) is 1.00. The molecule has 0 aromatic rings. The minimum atomic E-state index is -4.45. The van der Waals surface area contributed by atoms with Crippen LogP contribution in [-0.2, 0) is 0 Å². The van der Waals surface area contributed by atoms with Crippen molar-refractivity contribution in [2.75, 3.05) is 0 Å². The Kier molecular flexibility index (Phi) is 4.13. The summed E-state index contributed by atoms with van der Waals surface area (Å²) < 4.78 is 67.8. The van der Waals surface area contributed by atoms with Crippen LogP contribution in [0.1, 0.15) is 0 Å². The Morgan fingerprint density at radius 3 is 0.800 bits per heavy atom. The normalized spacial score (nSPS) is 11.7. The van der Waals surface area contributed by atoms with Gasteiger partial charge in [0.05, 0.1) is 0 Å². The number of hydrogen-bond acceptors (Lipinski definition) is 0. The highest BCUT2D eigenvalue weighted by molar-refractivity contribution is 6.61. The molecule has 0 spiro atoms. The van der Waals surface area contributed by atoms with Crippen molar-refractivity contribution in [3.8, 4) is 0 Å². The molecular weight excluding hydrogens is 177 g/mol. The molecule has 10 heavy (non-hydrogen) atoms. The first kappa shape index (κ1) is 10.1. The van der Waals surface area contributed by atoms with E-state index in [1.165, 1.54) is 0 Å². The lowest BCUT2D eigenvalue weighted by molar-refractivity contribution is 0.139. The monoisotopic (exact) mass is 180 g/mol. The second kappa shape index (κ2) is 4.09. The second-order valence-electron chi connectivity index (χ2n) is 1.58. The molecule has 0 saturated heterocycles. The van der Waals surface area contributed by atoms with Crippen LogP contribution in [0.5, 0.6) is 0 Å². The molecule has 0 saturated carbocycles. The third-order valence-electron chi connectivity index (χ3n) is 0.873. The van der Waals surface area contributed by atoms with Crippen molar-refractivity contribution in [1.29, 1.82) is 0 Å². The van der Waals surface area contributed by atoms with Crippen molar-refractivity contribution in [2.24, 2.45) is 0 Å². The van der Waals surface area contributed by atoms with Crippen LogP contribution in [0.4, 0.5) is 26.3 Å². The van der Waals surface area contributed by atoms with Gasteiger partial charge < -0.3 is 0 Å². The molecule has 0 nitrogen and oxygen atoms in total. The Morgan fingerprint density at radius 1 is 0.600 bits per heavy atom. The van der Waals surface area contributed by atoms with Gasteiger partial charge in [-0.3, -0.25) is 0 Å². The van der Waals surface area contributed by atoms with Crippen molar-refractivity contribution in [3.05, 3.63) is 0 Å². The Bertz CT molecular complexity index is 74.0. The van der Waals surface area contributed by atoms with Gasteiger partial charge in [0.15, 0.2) is 15.9 Å². The van der Waals surface area contributed by atoms with Gasteiger partial charge in [0.25, 0.3) is 0 Å². The van der Waals surface area contributed by atoms with Crippen LogP contribution >= 0.6 is 0 Å². The van der Waals surface area contributed by atoms with Crippen LogP contribution in [0, 0.1) is 0 Å². The van der Waals surface area contributed by atoms with E-state index in [9.17, 15) is 26.3 Å². The van der Waals surface area contributed by atoms with E-state index in [1.54, 1.807) is 0 Å². The summed E-state index contributed by atoms with van der Waals surface area (Å²) in [6.45, 7) is 0. The van der Waals surface area contributed by atoms with Gasteiger partial charge in [0.1, 0.15) is 0 Å². The lowest BCUT2D eigenvalue weighted by Gasteiger charge is -2.05. The van der Waals surface area contributed by atoms with E-state index in [4.69, 9.17) is 0 Å². The molecule has 0 aromatic heterocycles. The topological polar surface area (TPSA) is 0 Å². The molecule has 0 radical (unpaired) electrons. The van der Waals surface area contributed by atoms with Gasteiger partial charge in [-0.05, 0) is 0 Å². The number of alkyl halides is 6. The molecule has 0 amide bonds. The third-order valence-corrected chi connectivity index (χ3v) is 2.62. The van der Waals surface area contributed by atoms with E-state index in [1.807, 2.05) is 0 Å². The summed E-state index contributed by atoms with van der Waals surface area (Å²) in [6, 6.07) is 0. The van der Waals surface area contributed by atoms with Gasteiger partial charge in [0.2, 0.25) is 0 Å². The van der Waals surface area contributed by atoms with E-state index in [2.05, 4.69) is 0 Å². The molecule has 0 aliphatic carbocycles. The molecule has 0 rings (SSSR count). The molecule has 0 aromatic carbocycles. The molecule has 7 heteroatoms. The summed E-state index contributed by atoms with van der Waals surface area (Å²) >= 11 is -4.45. The number of rotatable bonds is 3. The van der Waals surface area contributed by atoms with Gasteiger partial charge in [0, 0.05) is 0 Å². The van der Waals surface area contributed by atoms with E-state index in [0.29, 0.717) is 0 Å². The maximum absolute atomic E-state index is 11.3. The first-order chi connectivity index (χ1) is 4.46. The predicted octanol–water partition coefficient (Wildman–Crippen LogP) is 1.89. The summed E-state index contributed by atoms with van der Waals surface area (Å²) in [5.41, 5.74) is 0. The fourth-order valence-corrected chi connectivity index (χ4v) is 0.990. The first-order valence-corrected chi connectivity index (χ1v) is 4.31. The van der Waals surface area contributed by atoms with Gasteiger partial charge in [-0.1, -0.05) is 0 Å². The quantitative estimate of drug-likeness (QED) is 0.459. The van der Waals surface area contributed by atoms with Crippen molar-refractivity contribution in [3.63, 3.8) is 0 Å². The largest absolute Gasteiger partial charge is 0.560 e. The average Bonchev–Trinajstić information content (AvgIpc) is 1.59. The van der Waals surface area contributed by atoms with Crippen LogP contribution in [-0.4, -0.2) is 30.0 Å². The smallest absolute Gasteiger partial charge is 0.229 e. The molecule has 0 N–H and O–H groups in total. The zero-order chi connectivity index (χ0) is 8.31. The van der Waals surface area contributed by atoms with E-state index < -0.39 is 30.0 Å². The third kappa shape index (κ3) is 2.80. The van der Waals surface area contributed by atoms with E-state index in [0.717, 1.165) is 0 Å². The van der Waals surface area contributed by atoms with Crippen molar-refractivity contribution in [2.45, 2.75) is 15.9 Å². The molecule has 0 aliphatic heterocycles. The molecule has 0 fully saturated rings. The summed E-state index contributed by atoms with van der Waals surface area (Å²) in [4.78, 5) is 0. The van der Waals surface area contributed by atoms with Crippen LogP contribution in [0.2, 0.25) is 0 Å². The maximum Gasteiger partial charge on any atom is 0.560 e. The Labute approximate surface area is 57.2 Å². The molecule has 0 atom stereocenters. The molecular formula is C3H3AlF6. The Hall–Kier alpha value is 0.112. The van der Waals surface area contributed by atoms with E-state index in [-0.39, 0.29) is 0 Å². The number of hydrogen-bond donors (Lipinski definition) is 0. The Balaban J connectivity index is 3.98. The second-order valence-corrected chi connectivity index (χ2v) is 4.25. The van der Waals surface area contributed by atoms with Crippen LogP contribution in [0.15, 0.2) is 0 Å². The van der Waals surface area contributed by atoms with Gasteiger partial charge in [-0.25, -0.2) is 26.3 Å². The van der Waals surface area contributed by atoms with Crippen molar-refractivity contribution in [1.82, 2.24) is 0 Å². The minimum Gasteiger partial charge on any atom is -0.229 e. The maximum atomic E-state index is 11.3. The average molecular weight is 180 g/mol. The predicted molar refractivity (Wildman–Crippen MR) is 23.8 cm³/mol. The fourth-order valence-electron chi connectivity index (χ4n) is 0.330. The van der Waals surface area contributed by atoms with Gasteiger partial charge in [-0.2, -0.15) is 0 Å². The highest BCUT2D eigenvalue weighted by Crippen LogP contribution is 2.15. The molecule has 60 valence electrons. The first-order valence-electron chi connectivity index (χ1n) is 2.31. The summed E-state index contributed by atoms with van der Waals surface area (Å²) in [7, 11) is 0.